The lowest BCUT2D eigenvalue weighted by molar-refractivity contribution is -0.117. The maximum absolute atomic E-state index is 11.8. The third kappa shape index (κ3) is 4.61. The Morgan fingerprint density at radius 3 is 2.70 bits per heavy atom. The molecule has 7 heteroatoms. The van der Waals surface area contributed by atoms with E-state index in [1.807, 2.05) is 6.92 Å². The highest BCUT2D eigenvalue weighted by molar-refractivity contribution is 8.01. The van der Waals surface area contributed by atoms with Gasteiger partial charge in [0.15, 0.2) is 0 Å². The Labute approximate surface area is 127 Å². The lowest BCUT2D eigenvalue weighted by atomic mass is 10.2. The fourth-order valence-corrected chi connectivity index (χ4v) is 2.19. The first kappa shape index (κ1) is 16.7. The second-order valence-electron chi connectivity index (χ2n) is 4.21. The van der Waals surface area contributed by atoms with Gasteiger partial charge in [0.05, 0.1) is 23.8 Å². The van der Waals surface area contributed by atoms with Gasteiger partial charge in [0, 0.05) is 11.1 Å². The third-order valence-corrected chi connectivity index (χ3v) is 4.19. The zero-order chi connectivity index (χ0) is 15.3. The molecular formula is C13H17ClN2O3S. The highest BCUT2D eigenvalue weighted by Gasteiger charge is 2.14. The molecule has 3 N–H and O–H groups in total. The van der Waals surface area contributed by atoms with Gasteiger partial charge in [0.1, 0.15) is 5.75 Å². The van der Waals surface area contributed by atoms with Crippen LogP contribution in [0.15, 0.2) is 12.1 Å². The number of anilines is 1. The monoisotopic (exact) mass is 316 g/mol. The van der Waals surface area contributed by atoms with E-state index in [0.717, 1.165) is 5.56 Å². The highest BCUT2D eigenvalue weighted by atomic mass is 35.5. The number of carbonyl (C=O) groups excluding carboxylic acids is 2. The van der Waals surface area contributed by atoms with Crippen molar-refractivity contribution < 1.29 is 14.3 Å². The maximum Gasteiger partial charge on any atom is 0.234 e. The van der Waals surface area contributed by atoms with Gasteiger partial charge < -0.3 is 15.8 Å². The van der Waals surface area contributed by atoms with Crippen LogP contribution in [0.25, 0.3) is 0 Å². The van der Waals surface area contributed by atoms with Crippen LogP contribution in [0, 0.1) is 6.92 Å². The van der Waals surface area contributed by atoms with Crippen molar-refractivity contribution >= 4 is 40.9 Å². The largest absolute Gasteiger partial charge is 0.495 e. The van der Waals surface area contributed by atoms with Gasteiger partial charge in [0.25, 0.3) is 0 Å². The van der Waals surface area contributed by atoms with E-state index in [2.05, 4.69) is 5.32 Å². The molecule has 20 heavy (non-hydrogen) atoms. The Balaban J connectivity index is 2.71. The number of amides is 2. The van der Waals surface area contributed by atoms with Crippen LogP contribution in [0.3, 0.4) is 0 Å². The molecule has 0 saturated carbocycles. The molecule has 1 unspecified atom stereocenters. The summed E-state index contributed by atoms with van der Waals surface area (Å²) in [5.74, 6) is -0.0534. The number of hydrogen-bond donors (Lipinski definition) is 2. The van der Waals surface area contributed by atoms with E-state index in [4.69, 9.17) is 22.1 Å². The van der Waals surface area contributed by atoms with Crippen molar-refractivity contribution in [2.24, 2.45) is 5.73 Å². The summed E-state index contributed by atoms with van der Waals surface area (Å²) in [6.45, 7) is 3.49. The minimum absolute atomic E-state index is 0.134. The van der Waals surface area contributed by atoms with Gasteiger partial charge in [-0.15, -0.1) is 11.8 Å². The van der Waals surface area contributed by atoms with Crippen molar-refractivity contribution in [1.29, 1.82) is 0 Å². The Kier molecular flexibility index (Phi) is 6.16. The Hall–Kier alpha value is -1.40. The van der Waals surface area contributed by atoms with Crippen LogP contribution in [0.4, 0.5) is 5.69 Å². The smallest absolute Gasteiger partial charge is 0.234 e. The van der Waals surface area contributed by atoms with Crippen LogP contribution in [-0.2, 0) is 9.59 Å². The normalized spacial score (nSPS) is 11.8. The van der Waals surface area contributed by atoms with Crippen LogP contribution in [0.2, 0.25) is 5.02 Å². The molecule has 1 aromatic carbocycles. The average molecular weight is 317 g/mol. The van der Waals surface area contributed by atoms with E-state index < -0.39 is 11.2 Å². The number of ether oxygens (including phenoxy) is 1. The van der Waals surface area contributed by atoms with Crippen LogP contribution in [-0.4, -0.2) is 29.9 Å². The summed E-state index contributed by atoms with van der Waals surface area (Å²) in [7, 11) is 1.50. The summed E-state index contributed by atoms with van der Waals surface area (Å²) in [5, 5.41) is 2.89. The summed E-state index contributed by atoms with van der Waals surface area (Å²) < 4.78 is 5.17. The molecule has 0 saturated heterocycles. The number of carbonyl (C=O) groups is 2. The third-order valence-electron chi connectivity index (χ3n) is 2.62. The highest BCUT2D eigenvalue weighted by Crippen LogP contribution is 2.31. The van der Waals surface area contributed by atoms with Gasteiger partial charge >= 0.3 is 0 Å². The Morgan fingerprint density at radius 1 is 1.50 bits per heavy atom. The van der Waals surface area contributed by atoms with E-state index >= 15 is 0 Å². The average Bonchev–Trinajstić information content (AvgIpc) is 2.39. The van der Waals surface area contributed by atoms with Crippen LogP contribution in [0.1, 0.15) is 12.5 Å². The zero-order valence-electron chi connectivity index (χ0n) is 11.5. The number of nitrogens with one attached hydrogen (secondary N) is 1. The molecule has 0 heterocycles. The predicted molar refractivity (Wildman–Crippen MR) is 82.5 cm³/mol. The van der Waals surface area contributed by atoms with E-state index in [-0.39, 0.29) is 11.7 Å². The van der Waals surface area contributed by atoms with Crippen molar-refractivity contribution in [1.82, 2.24) is 0 Å². The minimum atomic E-state index is -0.442. The van der Waals surface area contributed by atoms with E-state index in [9.17, 15) is 9.59 Å². The summed E-state index contributed by atoms with van der Waals surface area (Å²) in [6.07, 6.45) is 0. The molecule has 1 atom stereocenters. The van der Waals surface area contributed by atoms with Crippen molar-refractivity contribution in [2.75, 3.05) is 18.2 Å². The number of methoxy groups -OCH3 is 1. The van der Waals surface area contributed by atoms with Crippen molar-refractivity contribution in [3.63, 3.8) is 0 Å². The second-order valence-corrected chi connectivity index (χ2v) is 5.94. The molecule has 0 bridgehead atoms. The number of primary amides is 1. The fourth-order valence-electron chi connectivity index (χ4n) is 1.40. The van der Waals surface area contributed by atoms with E-state index in [1.54, 1.807) is 19.1 Å². The summed E-state index contributed by atoms with van der Waals surface area (Å²) in [4.78, 5) is 22.7. The molecule has 0 fully saturated rings. The number of aryl methyl sites for hydroxylation is 1. The number of rotatable bonds is 6. The first-order valence-electron chi connectivity index (χ1n) is 5.90. The molecule has 0 aliphatic carbocycles. The van der Waals surface area contributed by atoms with Crippen molar-refractivity contribution in [3.8, 4) is 5.75 Å². The molecule has 0 spiro atoms. The van der Waals surface area contributed by atoms with Crippen LogP contribution in [0.5, 0.6) is 5.75 Å². The van der Waals surface area contributed by atoms with Gasteiger partial charge in [-0.05, 0) is 25.5 Å². The number of halogens is 1. The number of benzene rings is 1. The predicted octanol–water partition coefficient (Wildman–Crippen LogP) is 2.20. The molecule has 0 aromatic heterocycles. The van der Waals surface area contributed by atoms with E-state index in [0.29, 0.717) is 16.5 Å². The lowest BCUT2D eigenvalue weighted by Gasteiger charge is -2.13. The van der Waals surface area contributed by atoms with Gasteiger partial charge in [-0.3, -0.25) is 9.59 Å². The topological polar surface area (TPSA) is 81.4 Å². The molecule has 0 radical (unpaired) electrons. The van der Waals surface area contributed by atoms with Gasteiger partial charge in [0.2, 0.25) is 11.8 Å². The molecule has 1 aromatic rings. The number of thioether (sulfide) groups is 1. The molecule has 0 aliphatic heterocycles. The molecule has 5 nitrogen and oxygen atoms in total. The maximum atomic E-state index is 11.8. The second kappa shape index (κ2) is 7.40. The standard InChI is InChI=1S/C13H17ClN2O3S/c1-7-4-10(11(19-3)5-9(7)14)16-12(17)6-20-8(2)13(15)18/h4-5,8H,6H2,1-3H3,(H2,15,18)(H,16,17). The first-order valence-corrected chi connectivity index (χ1v) is 7.32. The molecule has 1 rings (SSSR count). The summed E-state index contributed by atoms with van der Waals surface area (Å²) in [6, 6.07) is 3.38. The van der Waals surface area contributed by atoms with Crippen LogP contribution < -0.4 is 15.8 Å². The number of hydrogen-bond acceptors (Lipinski definition) is 4. The van der Waals surface area contributed by atoms with Crippen molar-refractivity contribution in [2.45, 2.75) is 19.1 Å². The Morgan fingerprint density at radius 2 is 2.15 bits per heavy atom. The van der Waals surface area contributed by atoms with Crippen molar-refractivity contribution in [3.05, 3.63) is 22.7 Å². The first-order chi connectivity index (χ1) is 9.35. The Bertz CT molecular complexity index is 523. The molecule has 0 aliphatic rings. The quantitative estimate of drug-likeness (QED) is 0.843. The van der Waals surface area contributed by atoms with Gasteiger partial charge in [-0.1, -0.05) is 11.6 Å². The molecule has 2 amide bonds. The molecular weight excluding hydrogens is 300 g/mol. The summed E-state index contributed by atoms with van der Waals surface area (Å²) in [5.41, 5.74) is 6.51. The van der Waals surface area contributed by atoms with Gasteiger partial charge in [-0.25, -0.2) is 0 Å². The fraction of sp³-hybridized carbons (Fsp3) is 0.385. The summed E-state index contributed by atoms with van der Waals surface area (Å²) >= 11 is 7.17. The molecule has 110 valence electrons. The van der Waals surface area contributed by atoms with Crippen LogP contribution >= 0.6 is 23.4 Å². The zero-order valence-corrected chi connectivity index (χ0v) is 13.1. The minimum Gasteiger partial charge on any atom is -0.495 e. The SMILES string of the molecule is COc1cc(Cl)c(C)cc1NC(=O)CSC(C)C(N)=O. The lowest BCUT2D eigenvalue weighted by Crippen LogP contribution is -2.25. The van der Waals surface area contributed by atoms with Gasteiger partial charge in [-0.2, -0.15) is 0 Å². The van der Waals surface area contributed by atoms with E-state index in [1.165, 1.54) is 18.9 Å². The number of nitrogens with two attached hydrogens (primary N) is 1.